The Balaban J connectivity index is 3.39. The number of allylic oxidation sites excluding steroid dienone is 2. The summed E-state index contributed by atoms with van der Waals surface area (Å²) in [4.78, 5) is 0. The van der Waals surface area contributed by atoms with Crippen molar-refractivity contribution in [3.8, 4) is 0 Å². The molecule has 0 aromatic rings. The summed E-state index contributed by atoms with van der Waals surface area (Å²) in [7, 11) is 0. The zero-order valence-corrected chi connectivity index (χ0v) is 7.11. The molecule has 13 heavy (non-hydrogen) atoms. The molecule has 0 heterocycles. The Morgan fingerprint density at radius 2 is 1.23 bits per heavy atom. The van der Waals surface area contributed by atoms with Gasteiger partial charge < -0.3 is 0 Å². The van der Waals surface area contributed by atoms with E-state index in [0.29, 0.717) is 0 Å². The first-order valence-electron chi connectivity index (χ1n) is 2.76. The van der Waals surface area contributed by atoms with Crippen LogP contribution in [0.25, 0.3) is 0 Å². The zero-order chi connectivity index (χ0) is 10.7. The number of alkyl halides is 6. The normalized spacial score (nSPS) is 36.9. The minimum absolute atomic E-state index is 1.38. The maximum atomic E-state index is 12.5. The van der Waals surface area contributed by atoms with Crippen LogP contribution in [0, 0.1) is 0 Å². The second-order valence-corrected chi connectivity index (χ2v) is 3.44. The highest BCUT2D eigenvalue weighted by atomic mass is 79.9. The Kier molecular flexibility index (Phi) is 1.99. The van der Waals surface area contributed by atoms with Crippen molar-refractivity contribution in [2.24, 2.45) is 0 Å². The van der Waals surface area contributed by atoms with Crippen molar-refractivity contribution in [3.63, 3.8) is 0 Å². The van der Waals surface area contributed by atoms with Gasteiger partial charge in [0.2, 0.25) is 5.83 Å². The van der Waals surface area contributed by atoms with Gasteiger partial charge in [-0.25, -0.2) is 13.2 Å². The lowest BCUT2D eigenvalue weighted by atomic mass is 10.2. The van der Waals surface area contributed by atoms with E-state index in [1.165, 1.54) is 15.9 Å². The number of halogens is 8. The number of hydrogen-bond donors (Lipinski definition) is 0. The molecule has 0 saturated heterocycles. The molecule has 1 aliphatic rings. The molecule has 0 saturated carbocycles. The summed E-state index contributed by atoms with van der Waals surface area (Å²) >= 11 is 1.38. The third kappa shape index (κ3) is 0.976. The molecule has 0 bridgehead atoms. The summed E-state index contributed by atoms with van der Waals surface area (Å²) in [5.41, 5.74) is 0. The summed E-state index contributed by atoms with van der Waals surface area (Å²) in [6.07, 6.45) is 0. The second kappa shape index (κ2) is 2.40. The average Bonchev–Trinajstić information content (AvgIpc) is 2.05. The van der Waals surface area contributed by atoms with Crippen LogP contribution in [0.3, 0.4) is 0 Å². The molecule has 1 rings (SSSR count). The molecular weight excluding hydrogens is 273 g/mol. The van der Waals surface area contributed by atoms with Gasteiger partial charge in [-0.2, -0.15) is 17.6 Å². The fourth-order valence-electron chi connectivity index (χ4n) is 0.749. The minimum Gasteiger partial charge on any atom is -0.216 e. The molecule has 0 amide bonds. The van der Waals surface area contributed by atoms with E-state index in [1.807, 2.05) is 0 Å². The molecule has 1 aliphatic carbocycles. The van der Waals surface area contributed by atoms with E-state index in [2.05, 4.69) is 0 Å². The van der Waals surface area contributed by atoms with Crippen LogP contribution in [0.4, 0.5) is 30.7 Å². The van der Waals surface area contributed by atoms with Crippen molar-refractivity contribution in [3.05, 3.63) is 11.7 Å². The molecule has 0 radical (unpaired) electrons. The molecule has 8 heteroatoms. The van der Waals surface area contributed by atoms with Crippen LogP contribution in [-0.2, 0) is 0 Å². The molecule has 0 spiro atoms. The SMILES string of the molecule is FC1=C(F)C(F)(Br)C(F)(F)C1(F)F. The Morgan fingerprint density at radius 1 is 0.846 bits per heavy atom. The molecule has 0 fully saturated rings. The molecule has 0 aromatic heterocycles. The third-order valence-electron chi connectivity index (χ3n) is 1.53. The molecule has 0 aromatic carbocycles. The summed E-state index contributed by atoms with van der Waals surface area (Å²) in [6, 6.07) is 0. The van der Waals surface area contributed by atoms with Gasteiger partial charge in [-0.05, 0) is 15.9 Å². The van der Waals surface area contributed by atoms with E-state index in [-0.39, 0.29) is 0 Å². The first kappa shape index (κ1) is 10.8. The van der Waals surface area contributed by atoms with Crippen molar-refractivity contribution >= 4 is 15.9 Å². The zero-order valence-electron chi connectivity index (χ0n) is 5.52. The standard InChI is InChI=1S/C5BrF7/c6-3(9)1(7)2(8)4(10,11)5(3,12)13. The summed E-state index contributed by atoms with van der Waals surface area (Å²) in [6.45, 7) is 0. The van der Waals surface area contributed by atoms with Crippen molar-refractivity contribution in [1.82, 2.24) is 0 Å². The van der Waals surface area contributed by atoms with E-state index in [1.54, 1.807) is 0 Å². The molecule has 1 atom stereocenters. The predicted octanol–water partition coefficient (Wildman–Crippen LogP) is 3.48. The molecular formula is C5BrF7. The van der Waals surface area contributed by atoms with Gasteiger partial charge >= 0.3 is 11.8 Å². The summed E-state index contributed by atoms with van der Waals surface area (Å²) in [5, 5.41) is 0. The molecule has 1 unspecified atom stereocenters. The van der Waals surface area contributed by atoms with Crippen molar-refractivity contribution in [1.29, 1.82) is 0 Å². The monoisotopic (exact) mass is 272 g/mol. The highest BCUT2D eigenvalue weighted by Gasteiger charge is 2.80. The Hall–Kier alpha value is -0.270. The maximum absolute atomic E-state index is 12.5. The Labute approximate surface area is 75.5 Å². The fraction of sp³-hybridized carbons (Fsp3) is 0.600. The van der Waals surface area contributed by atoms with Crippen LogP contribution in [-0.4, -0.2) is 16.4 Å². The minimum atomic E-state index is -5.48. The van der Waals surface area contributed by atoms with Gasteiger partial charge in [0.25, 0.3) is 4.58 Å². The van der Waals surface area contributed by atoms with Gasteiger partial charge in [0.1, 0.15) is 0 Å². The third-order valence-corrected chi connectivity index (χ3v) is 2.38. The lowest BCUT2D eigenvalue weighted by molar-refractivity contribution is -0.211. The average molecular weight is 273 g/mol. The van der Waals surface area contributed by atoms with Crippen molar-refractivity contribution < 1.29 is 30.7 Å². The smallest absolute Gasteiger partial charge is 0.216 e. The maximum Gasteiger partial charge on any atom is 0.368 e. The Bertz CT molecular complexity index is 253. The lowest BCUT2D eigenvalue weighted by Gasteiger charge is -2.24. The van der Waals surface area contributed by atoms with Crippen molar-refractivity contribution in [2.45, 2.75) is 16.4 Å². The molecule has 0 N–H and O–H groups in total. The Morgan fingerprint density at radius 3 is 1.31 bits per heavy atom. The topological polar surface area (TPSA) is 0 Å². The quantitative estimate of drug-likeness (QED) is 0.468. The second-order valence-electron chi connectivity index (χ2n) is 2.35. The largest absolute Gasteiger partial charge is 0.368 e. The van der Waals surface area contributed by atoms with Gasteiger partial charge in [0, 0.05) is 0 Å². The summed E-state index contributed by atoms with van der Waals surface area (Å²) < 4.78 is 81.3. The summed E-state index contributed by atoms with van der Waals surface area (Å²) in [5.74, 6) is -16.9. The fourth-order valence-corrected chi connectivity index (χ4v) is 1.17. The van der Waals surface area contributed by atoms with Crippen molar-refractivity contribution in [2.75, 3.05) is 0 Å². The van der Waals surface area contributed by atoms with Gasteiger partial charge in [-0.3, -0.25) is 0 Å². The van der Waals surface area contributed by atoms with Crippen LogP contribution < -0.4 is 0 Å². The molecule has 0 aliphatic heterocycles. The van der Waals surface area contributed by atoms with Crippen LogP contribution in [0.15, 0.2) is 11.7 Å². The van der Waals surface area contributed by atoms with Gasteiger partial charge in [0.15, 0.2) is 5.83 Å². The van der Waals surface area contributed by atoms with Crippen LogP contribution >= 0.6 is 15.9 Å². The van der Waals surface area contributed by atoms with E-state index >= 15 is 0 Å². The van der Waals surface area contributed by atoms with Crippen LogP contribution in [0.1, 0.15) is 0 Å². The molecule has 0 nitrogen and oxygen atoms in total. The van der Waals surface area contributed by atoms with E-state index in [4.69, 9.17) is 0 Å². The van der Waals surface area contributed by atoms with E-state index < -0.39 is 28.1 Å². The highest BCUT2D eigenvalue weighted by molar-refractivity contribution is 9.10. The lowest BCUT2D eigenvalue weighted by Crippen LogP contribution is -2.47. The van der Waals surface area contributed by atoms with Gasteiger partial charge in [-0.1, -0.05) is 0 Å². The first-order valence-corrected chi connectivity index (χ1v) is 3.55. The van der Waals surface area contributed by atoms with Crippen LogP contribution in [0.2, 0.25) is 0 Å². The van der Waals surface area contributed by atoms with E-state index in [0.717, 1.165) is 0 Å². The van der Waals surface area contributed by atoms with Gasteiger partial charge in [0.05, 0.1) is 0 Å². The number of hydrogen-bond acceptors (Lipinski definition) is 0. The van der Waals surface area contributed by atoms with E-state index in [9.17, 15) is 30.7 Å². The van der Waals surface area contributed by atoms with Gasteiger partial charge in [-0.15, -0.1) is 0 Å². The van der Waals surface area contributed by atoms with Crippen LogP contribution in [0.5, 0.6) is 0 Å². The predicted molar refractivity (Wildman–Crippen MR) is 31.9 cm³/mol. The highest BCUT2D eigenvalue weighted by Crippen LogP contribution is 2.61. The molecule has 76 valence electrons. The first-order chi connectivity index (χ1) is 5.57. The number of rotatable bonds is 0.